The van der Waals surface area contributed by atoms with E-state index in [1.807, 2.05) is 12.1 Å². The third-order valence-corrected chi connectivity index (χ3v) is 3.33. The molecule has 0 amide bonds. The number of ether oxygens (including phenoxy) is 1. The number of carbonyl (C=O) groups is 1. The van der Waals surface area contributed by atoms with Crippen molar-refractivity contribution in [2.24, 2.45) is 0 Å². The van der Waals surface area contributed by atoms with E-state index in [9.17, 15) is 4.79 Å². The highest BCUT2D eigenvalue weighted by molar-refractivity contribution is 6.30. The Bertz CT molecular complexity index is 795. The van der Waals surface area contributed by atoms with Crippen LogP contribution in [0, 0.1) is 0 Å². The number of aromatic nitrogens is 2. The van der Waals surface area contributed by atoms with Crippen molar-refractivity contribution in [3.05, 3.63) is 59.1 Å². The van der Waals surface area contributed by atoms with Gasteiger partial charge >= 0.3 is 5.97 Å². The van der Waals surface area contributed by atoms with Crippen molar-refractivity contribution in [3.8, 4) is 22.8 Å². The molecule has 0 aliphatic rings. The van der Waals surface area contributed by atoms with E-state index >= 15 is 0 Å². The van der Waals surface area contributed by atoms with E-state index in [-0.39, 0.29) is 5.97 Å². The Morgan fingerprint density at radius 3 is 2.32 bits per heavy atom. The molecular weight excluding hydrogens is 304 g/mol. The fourth-order valence-electron chi connectivity index (χ4n) is 1.92. The Labute approximate surface area is 131 Å². The normalized spacial score (nSPS) is 10.5. The van der Waals surface area contributed by atoms with Crippen LogP contribution in [-0.4, -0.2) is 23.2 Å². The predicted octanol–water partition coefficient (Wildman–Crippen LogP) is 3.84. The van der Waals surface area contributed by atoms with Gasteiger partial charge in [-0.2, -0.15) is 4.98 Å². The van der Waals surface area contributed by atoms with Gasteiger partial charge in [0.1, 0.15) is 0 Å². The molecule has 5 nitrogen and oxygen atoms in total. The lowest BCUT2D eigenvalue weighted by molar-refractivity contribution is 0.0601. The van der Waals surface area contributed by atoms with Crippen molar-refractivity contribution < 1.29 is 14.1 Å². The van der Waals surface area contributed by atoms with Gasteiger partial charge in [-0.25, -0.2) is 4.79 Å². The lowest BCUT2D eigenvalue weighted by Crippen LogP contribution is -2.00. The largest absolute Gasteiger partial charge is 0.465 e. The maximum Gasteiger partial charge on any atom is 0.337 e. The molecule has 0 bridgehead atoms. The topological polar surface area (TPSA) is 65.2 Å². The molecule has 0 fully saturated rings. The Balaban J connectivity index is 1.87. The fraction of sp³-hybridized carbons (Fsp3) is 0.0625. The molecule has 0 saturated heterocycles. The summed E-state index contributed by atoms with van der Waals surface area (Å²) in [6.45, 7) is 0. The van der Waals surface area contributed by atoms with Crippen molar-refractivity contribution in [1.82, 2.24) is 10.1 Å². The van der Waals surface area contributed by atoms with Crippen LogP contribution in [0.3, 0.4) is 0 Å². The van der Waals surface area contributed by atoms with Gasteiger partial charge < -0.3 is 9.26 Å². The number of esters is 1. The van der Waals surface area contributed by atoms with E-state index < -0.39 is 0 Å². The van der Waals surface area contributed by atoms with Gasteiger partial charge in [0.25, 0.3) is 5.89 Å². The van der Waals surface area contributed by atoms with Crippen molar-refractivity contribution in [3.63, 3.8) is 0 Å². The van der Waals surface area contributed by atoms with E-state index in [0.29, 0.717) is 22.3 Å². The highest BCUT2D eigenvalue weighted by Crippen LogP contribution is 2.23. The monoisotopic (exact) mass is 314 g/mol. The molecule has 6 heteroatoms. The number of halogens is 1. The Morgan fingerprint density at radius 2 is 1.68 bits per heavy atom. The first-order valence-corrected chi connectivity index (χ1v) is 6.83. The van der Waals surface area contributed by atoms with Crippen LogP contribution in [0.2, 0.25) is 5.02 Å². The first kappa shape index (κ1) is 14.3. The predicted molar refractivity (Wildman–Crippen MR) is 81.5 cm³/mol. The van der Waals surface area contributed by atoms with Crippen LogP contribution in [-0.2, 0) is 4.74 Å². The average molecular weight is 315 g/mol. The molecule has 0 aliphatic heterocycles. The minimum atomic E-state index is -0.390. The van der Waals surface area contributed by atoms with E-state index in [1.165, 1.54) is 7.11 Å². The SMILES string of the molecule is COC(=O)c1ccc(-c2nc(-c3ccc(Cl)cc3)no2)cc1. The summed E-state index contributed by atoms with van der Waals surface area (Å²) in [5, 5.41) is 4.59. The second kappa shape index (κ2) is 5.99. The number of methoxy groups -OCH3 is 1. The summed E-state index contributed by atoms with van der Waals surface area (Å²) in [4.78, 5) is 15.7. The fourth-order valence-corrected chi connectivity index (χ4v) is 2.05. The lowest BCUT2D eigenvalue weighted by atomic mass is 10.1. The number of nitrogens with zero attached hydrogens (tertiary/aromatic N) is 2. The molecule has 3 aromatic rings. The van der Waals surface area contributed by atoms with Crippen LogP contribution in [0.1, 0.15) is 10.4 Å². The Hall–Kier alpha value is -2.66. The van der Waals surface area contributed by atoms with Crippen molar-refractivity contribution >= 4 is 17.6 Å². The van der Waals surface area contributed by atoms with Gasteiger partial charge in [0.2, 0.25) is 5.82 Å². The van der Waals surface area contributed by atoms with Crippen LogP contribution in [0.5, 0.6) is 0 Å². The number of carbonyl (C=O) groups excluding carboxylic acids is 1. The highest BCUT2D eigenvalue weighted by Gasteiger charge is 2.12. The van der Waals surface area contributed by atoms with Crippen LogP contribution in [0.25, 0.3) is 22.8 Å². The zero-order valence-electron chi connectivity index (χ0n) is 11.6. The van der Waals surface area contributed by atoms with Gasteiger partial charge in [-0.1, -0.05) is 16.8 Å². The van der Waals surface area contributed by atoms with Gasteiger partial charge in [-0.15, -0.1) is 0 Å². The lowest BCUT2D eigenvalue weighted by Gasteiger charge is -1.99. The van der Waals surface area contributed by atoms with E-state index in [1.54, 1.807) is 36.4 Å². The molecular formula is C16H11ClN2O3. The van der Waals surface area contributed by atoms with Crippen LogP contribution in [0.15, 0.2) is 53.1 Å². The second-order valence-corrected chi connectivity index (χ2v) is 4.94. The number of benzene rings is 2. The maximum atomic E-state index is 11.4. The molecule has 0 unspecified atom stereocenters. The summed E-state index contributed by atoms with van der Waals surface area (Å²) in [6, 6.07) is 13.9. The summed E-state index contributed by atoms with van der Waals surface area (Å²) in [5.41, 5.74) is 2.00. The average Bonchev–Trinajstić information content (AvgIpc) is 3.05. The summed E-state index contributed by atoms with van der Waals surface area (Å²) >= 11 is 5.85. The van der Waals surface area contributed by atoms with Crippen LogP contribution < -0.4 is 0 Å². The van der Waals surface area contributed by atoms with Crippen LogP contribution >= 0.6 is 11.6 Å². The smallest absolute Gasteiger partial charge is 0.337 e. The zero-order valence-corrected chi connectivity index (χ0v) is 12.4. The molecule has 0 radical (unpaired) electrons. The number of hydrogen-bond acceptors (Lipinski definition) is 5. The van der Waals surface area contributed by atoms with Crippen LogP contribution in [0.4, 0.5) is 0 Å². The van der Waals surface area contributed by atoms with Gasteiger partial charge in [0, 0.05) is 16.1 Å². The highest BCUT2D eigenvalue weighted by atomic mass is 35.5. The van der Waals surface area contributed by atoms with Gasteiger partial charge in [-0.3, -0.25) is 0 Å². The molecule has 0 atom stereocenters. The molecule has 3 rings (SSSR count). The van der Waals surface area contributed by atoms with E-state index in [4.69, 9.17) is 16.1 Å². The Morgan fingerprint density at radius 1 is 1.05 bits per heavy atom. The molecule has 2 aromatic carbocycles. The van der Waals surface area contributed by atoms with Crippen molar-refractivity contribution in [2.45, 2.75) is 0 Å². The Kier molecular flexibility index (Phi) is 3.89. The molecule has 0 spiro atoms. The van der Waals surface area contributed by atoms with Crippen molar-refractivity contribution in [2.75, 3.05) is 7.11 Å². The van der Waals surface area contributed by atoms with Gasteiger partial charge in [0.15, 0.2) is 0 Å². The molecule has 0 aliphatic carbocycles. The third kappa shape index (κ3) is 2.84. The quantitative estimate of drug-likeness (QED) is 0.687. The number of hydrogen-bond donors (Lipinski definition) is 0. The first-order chi connectivity index (χ1) is 10.7. The first-order valence-electron chi connectivity index (χ1n) is 6.46. The minimum Gasteiger partial charge on any atom is -0.465 e. The molecule has 22 heavy (non-hydrogen) atoms. The van der Waals surface area contributed by atoms with Crippen molar-refractivity contribution in [1.29, 1.82) is 0 Å². The molecule has 0 saturated carbocycles. The minimum absolute atomic E-state index is 0.376. The molecule has 1 aromatic heterocycles. The second-order valence-electron chi connectivity index (χ2n) is 4.50. The zero-order chi connectivity index (χ0) is 15.5. The van der Waals surface area contributed by atoms with E-state index in [0.717, 1.165) is 11.1 Å². The third-order valence-electron chi connectivity index (χ3n) is 3.08. The molecule has 110 valence electrons. The summed E-state index contributed by atoms with van der Waals surface area (Å²) in [7, 11) is 1.34. The van der Waals surface area contributed by atoms with E-state index in [2.05, 4.69) is 14.9 Å². The maximum absolute atomic E-state index is 11.4. The van der Waals surface area contributed by atoms with Gasteiger partial charge in [0.05, 0.1) is 12.7 Å². The number of rotatable bonds is 3. The molecule has 0 N–H and O–H groups in total. The van der Waals surface area contributed by atoms with Gasteiger partial charge in [-0.05, 0) is 48.5 Å². The molecule has 1 heterocycles. The summed E-state index contributed by atoms with van der Waals surface area (Å²) < 4.78 is 9.90. The standard InChI is InChI=1S/C16H11ClN2O3/c1-21-16(20)12-4-2-11(3-5-12)15-18-14(19-22-15)10-6-8-13(17)9-7-10/h2-9H,1H3. The summed E-state index contributed by atoms with van der Waals surface area (Å²) in [6.07, 6.45) is 0. The summed E-state index contributed by atoms with van der Waals surface area (Å²) in [5.74, 6) is 0.462.